The Morgan fingerprint density at radius 1 is 0.854 bits per heavy atom. The highest BCUT2D eigenvalue weighted by Crippen LogP contribution is 2.32. The molecule has 1 saturated carbocycles. The molecule has 41 heavy (non-hydrogen) atoms. The second-order valence-corrected chi connectivity index (χ2v) is 10.3. The maximum absolute atomic E-state index is 12.6. The maximum Gasteiger partial charge on any atom is 0.249 e. The van der Waals surface area contributed by atoms with E-state index in [1.54, 1.807) is 0 Å². The van der Waals surface area contributed by atoms with E-state index in [1.807, 2.05) is 0 Å². The topological polar surface area (TPSA) is 363 Å². The van der Waals surface area contributed by atoms with Gasteiger partial charge in [0.25, 0.3) is 0 Å². The first-order valence-electron chi connectivity index (χ1n) is 13.1. The zero-order valence-electron chi connectivity index (χ0n) is 22.2. The van der Waals surface area contributed by atoms with Crippen LogP contribution in [0.4, 0.5) is 0 Å². The lowest BCUT2D eigenvalue weighted by molar-refractivity contribution is -0.332. The number of amides is 1. The molecule has 19 heteroatoms. The van der Waals surface area contributed by atoms with Gasteiger partial charge in [0.15, 0.2) is 12.6 Å². The number of nitrogens with two attached hydrogens (primary N) is 4. The highest BCUT2D eigenvalue weighted by atomic mass is 16.7. The standard InChI is InChI=1S/C22H43N5O13.H2O/c23-2-1-8(29)20(36)27-7-3-6(25)18(39-22-16(34)15(33)13(31)9(4-24)37-22)17(35)19(7)40-21-14(32)11(26)12(30)10(5-28)38-21;/h6-19,21-22,28-35H,1-5,23-26H2,(H,27,36);1H2/t6-,7+,8-,9+,10+,11-,12+,13+,14+,15-,16+,17-,18+,19-,21+,22+;/m0./s1. The number of carbonyl (C=O) groups excluding carboxylic acids is 1. The summed E-state index contributed by atoms with van der Waals surface area (Å²) >= 11 is 0. The van der Waals surface area contributed by atoms with E-state index in [1.165, 1.54) is 0 Å². The summed E-state index contributed by atoms with van der Waals surface area (Å²) in [7, 11) is 0. The van der Waals surface area contributed by atoms with Crippen molar-refractivity contribution in [2.24, 2.45) is 22.9 Å². The summed E-state index contributed by atoms with van der Waals surface area (Å²) in [5.41, 5.74) is 23.1. The molecule has 2 heterocycles. The molecule has 3 fully saturated rings. The summed E-state index contributed by atoms with van der Waals surface area (Å²) in [5, 5.41) is 84.9. The van der Waals surface area contributed by atoms with E-state index in [2.05, 4.69) is 5.32 Å². The Bertz CT molecular complexity index is 817. The van der Waals surface area contributed by atoms with Gasteiger partial charge in [-0.1, -0.05) is 0 Å². The molecule has 242 valence electrons. The quantitative estimate of drug-likeness (QED) is 0.110. The average Bonchev–Trinajstić information content (AvgIpc) is 2.92. The van der Waals surface area contributed by atoms with Gasteiger partial charge >= 0.3 is 0 Å². The molecular formula is C22H45N5O14. The Kier molecular flexibility index (Phi) is 13.6. The molecule has 0 unspecified atom stereocenters. The molecule has 19 nitrogen and oxygen atoms in total. The lowest BCUT2D eigenvalue weighted by Crippen LogP contribution is -2.69. The monoisotopic (exact) mass is 603 g/mol. The van der Waals surface area contributed by atoms with Gasteiger partial charge in [-0.05, 0) is 19.4 Å². The second-order valence-electron chi connectivity index (χ2n) is 10.3. The number of carbonyl (C=O) groups is 1. The Balaban J connectivity index is 0.00000588. The number of nitrogens with one attached hydrogen (secondary N) is 1. The third kappa shape index (κ3) is 7.85. The zero-order chi connectivity index (χ0) is 29.9. The Morgan fingerprint density at radius 2 is 1.44 bits per heavy atom. The van der Waals surface area contributed by atoms with Gasteiger partial charge in [-0.3, -0.25) is 4.79 Å². The van der Waals surface area contributed by atoms with Crippen LogP contribution in [0.3, 0.4) is 0 Å². The van der Waals surface area contributed by atoms with E-state index >= 15 is 0 Å². The fourth-order valence-electron chi connectivity index (χ4n) is 5.07. The molecule has 0 spiro atoms. The van der Waals surface area contributed by atoms with Crippen LogP contribution in [-0.4, -0.2) is 170 Å². The van der Waals surface area contributed by atoms with Crippen LogP contribution >= 0.6 is 0 Å². The number of hydrogen-bond donors (Lipinski definition) is 13. The second kappa shape index (κ2) is 15.5. The third-order valence-electron chi connectivity index (χ3n) is 7.51. The van der Waals surface area contributed by atoms with E-state index < -0.39 is 110 Å². The minimum Gasteiger partial charge on any atom is -0.412 e. The number of ether oxygens (including phenoxy) is 4. The van der Waals surface area contributed by atoms with E-state index in [0.29, 0.717) is 0 Å². The normalized spacial score (nSPS) is 45.9. The van der Waals surface area contributed by atoms with Crippen LogP contribution in [0, 0.1) is 0 Å². The van der Waals surface area contributed by atoms with Crippen LogP contribution in [-0.2, 0) is 23.7 Å². The van der Waals surface area contributed by atoms with Crippen molar-refractivity contribution < 1.29 is 70.1 Å². The fourth-order valence-corrected chi connectivity index (χ4v) is 5.07. The predicted molar refractivity (Wildman–Crippen MR) is 135 cm³/mol. The molecule has 19 N–H and O–H groups in total. The fraction of sp³-hybridized carbons (Fsp3) is 0.955. The molecule has 16 atom stereocenters. The van der Waals surface area contributed by atoms with Crippen molar-refractivity contribution in [3.63, 3.8) is 0 Å². The van der Waals surface area contributed by atoms with Crippen LogP contribution in [0.1, 0.15) is 12.8 Å². The summed E-state index contributed by atoms with van der Waals surface area (Å²) in [6.45, 7) is -0.898. The van der Waals surface area contributed by atoms with Crippen molar-refractivity contribution in [2.75, 3.05) is 19.7 Å². The number of rotatable bonds is 10. The molecule has 1 amide bonds. The molecule has 3 aliphatic rings. The summed E-state index contributed by atoms with van der Waals surface area (Å²) in [6, 6.07) is -3.45. The molecule has 2 saturated heterocycles. The van der Waals surface area contributed by atoms with Crippen molar-refractivity contribution in [3.8, 4) is 0 Å². The van der Waals surface area contributed by atoms with Crippen molar-refractivity contribution >= 4 is 5.91 Å². The minimum atomic E-state index is -1.76. The van der Waals surface area contributed by atoms with Crippen molar-refractivity contribution in [1.82, 2.24) is 5.32 Å². The van der Waals surface area contributed by atoms with Gasteiger partial charge in [0.1, 0.15) is 67.1 Å². The highest BCUT2D eigenvalue weighted by molar-refractivity contribution is 5.80. The van der Waals surface area contributed by atoms with Gasteiger partial charge in [-0.2, -0.15) is 0 Å². The van der Waals surface area contributed by atoms with Gasteiger partial charge in [0.2, 0.25) is 5.91 Å². The molecule has 0 radical (unpaired) electrons. The molecule has 0 aromatic heterocycles. The van der Waals surface area contributed by atoms with Crippen molar-refractivity contribution in [3.05, 3.63) is 0 Å². The first-order chi connectivity index (χ1) is 18.9. The highest BCUT2D eigenvalue weighted by Gasteiger charge is 2.52. The molecule has 0 aromatic rings. The molecule has 2 aliphatic heterocycles. The molecular weight excluding hydrogens is 558 g/mol. The largest absolute Gasteiger partial charge is 0.412 e. The van der Waals surface area contributed by atoms with Gasteiger partial charge in [-0.15, -0.1) is 0 Å². The van der Waals surface area contributed by atoms with Crippen LogP contribution < -0.4 is 28.3 Å². The third-order valence-corrected chi connectivity index (χ3v) is 7.51. The van der Waals surface area contributed by atoms with Crippen LogP contribution in [0.5, 0.6) is 0 Å². The van der Waals surface area contributed by atoms with Crippen LogP contribution in [0.15, 0.2) is 0 Å². The van der Waals surface area contributed by atoms with Gasteiger partial charge in [0, 0.05) is 12.6 Å². The summed E-state index contributed by atoms with van der Waals surface area (Å²) in [6.07, 6.45) is -19.8. The van der Waals surface area contributed by atoms with Crippen molar-refractivity contribution in [1.29, 1.82) is 0 Å². The lowest BCUT2D eigenvalue weighted by atomic mass is 9.83. The smallest absolute Gasteiger partial charge is 0.249 e. The first kappa shape index (κ1) is 36.0. The zero-order valence-corrected chi connectivity index (χ0v) is 22.2. The lowest BCUT2D eigenvalue weighted by Gasteiger charge is -2.49. The molecule has 0 bridgehead atoms. The van der Waals surface area contributed by atoms with Crippen LogP contribution in [0.2, 0.25) is 0 Å². The number of hydrogen-bond acceptors (Lipinski definition) is 17. The SMILES string of the molecule is NCC[C@H](O)C(=O)N[C@@H]1C[C@H](N)[C@@H](O[C@H]2O[C@H](CN)[C@@H](O)[C@H](O)[C@H]2O)[C@H](O)[C@H]1O[C@H]1O[C@H](CO)[C@@H](O)[C@H](N)[C@H]1O.O. The molecule has 3 rings (SSSR count). The number of aliphatic hydroxyl groups is 8. The van der Waals surface area contributed by atoms with E-state index in [9.17, 15) is 45.6 Å². The predicted octanol–water partition coefficient (Wildman–Crippen LogP) is -9.25. The molecule has 1 aliphatic carbocycles. The Morgan fingerprint density at radius 3 is 2.02 bits per heavy atom. The van der Waals surface area contributed by atoms with Crippen molar-refractivity contribution in [2.45, 2.75) is 111 Å². The minimum absolute atomic E-state index is 0. The van der Waals surface area contributed by atoms with E-state index in [0.717, 1.165) is 0 Å². The van der Waals surface area contributed by atoms with E-state index in [4.69, 9.17) is 41.9 Å². The Labute approximate surface area is 235 Å². The summed E-state index contributed by atoms with van der Waals surface area (Å²) < 4.78 is 22.5. The van der Waals surface area contributed by atoms with Gasteiger partial charge in [-0.25, -0.2) is 0 Å². The first-order valence-corrected chi connectivity index (χ1v) is 13.1. The maximum atomic E-state index is 12.6. The van der Waals surface area contributed by atoms with Gasteiger partial charge in [0.05, 0.1) is 18.7 Å². The molecule has 0 aromatic carbocycles. The van der Waals surface area contributed by atoms with Gasteiger partial charge < -0.3 is 93.5 Å². The Hall–Kier alpha value is -1.21. The van der Waals surface area contributed by atoms with E-state index in [-0.39, 0.29) is 31.4 Å². The summed E-state index contributed by atoms with van der Waals surface area (Å²) in [4.78, 5) is 12.6. The van der Waals surface area contributed by atoms with Crippen LogP contribution in [0.25, 0.3) is 0 Å². The number of aliphatic hydroxyl groups excluding tert-OH is 8. The summed E-state index contributed by atoms with van der Waals surface area (Å²) in [5.74, 6) is -0.845. The average molecular weight is 604 g/mol.